The first-order chi connectivity index (χ1) is 10.2. The molecule has 1 aliphatic rings. The number of aryl methyl sites for hydroxylation is 1. The van der Waals surface area contributed by atoms with Gasteiger partial charge in [-0.05, 0) is 43.4 Å². The van der Waals surface area contributed by atoms with Crippen molar-refractivity contribution in [1.29, 1.82) is 0 Å². The van der Waals surface area contributed by atoms with Crippen molar-refractivity contribution >= 4 is 5.91 Å². The smallest absolute Gasteiger partial charge is 0.223 e. The monoisotopic (exact) mass is 289 g/mol. The number of methoxy groups -OCH3 is 1. The maximum atomic E-state index is 12.4. The number of benzene rings is 1. The van der Waals surface area contributed by atoms with Gasteiger partial charge in [0, 0.05) is 5.92 Å². The van der Waals surface area contributed by atoms with E-state index in [0.29, 0.717) is 0 Å². The average Bonchev–Trinajstić information content (AvgIpc) is 2.53. The predicted octanol–water partition coefficient (Wildman–Crippen LogP) is 4.15. The zero-order valence-electron chi connectivity index (χ0n) is 13.4. The number of hydrogen-bond acceptors (Lipinski definition) is 2. The van der Waals surface area contributed by atoms with Crippen LogP contribution in [0.2, 0.25) is 0 Å². The molecule has 1 aromatic carbocycles. The Balaban J connectivity index is 2.05. The summed E-state index contributed by atoms with van der Waals surface area (Å²) in [5.41, 5.74) is 2.28. The maximum absolute atomic E-state index is 12.4. The van der Waals surface area contributed by atoms with Crippen LogP contribution in [0.25, 0.3) is 0 Å². The molecule has 3 nitrogen and oxygen atoms in total. The SMILES string of the molecule is CC[C@H](NC(=O)C1CCCCC1)c1ccc(OC)c(C)c1. The summed E-state index contributed by atoms with van der Waals surface area (Å²) in [7, 11) is 1.68. The van der Waals surface area contributed by atoms with Crippen molar-refractivity contribution in [3.63, 3.8) is 0 Å². The maximum Gasteiger partial charge on any atom is 0.223 e. The molecule has 1 aromatic rings. The highest BCUT2D eigenvalue weighted by molar-refractivity contribution is 5.79. The van der Waals surface area contributed by atoms with Crippen LogP contribution in [0.5, 0.6) is 5.75 Å². The predicted molar refractivity (Wildman–Crippen MR) is 85.5 cm³/mol. The second-order valence-electron chi connectivity index (χ2n) is 6.03. The Morgan fingerprint density at radius 2 is 2.05 bits per heavy atom. The van der Waals surface area contributed by atoms with Crippen molar-refractivity contribution in [2.45, 2.75) is 58.4 Å². The molecule has 0 spiro atoms. The molecule has 0 aromatic heterocycles. The van der Waals surface area contributed by atoms with Gasteiger partial charge in [0.15, 0.2) is 0 Å². The minimum atomic E-state index is 0.101. The van der Waals surface area contributed by atoms with Crippen molar-refractivity contribution in [2.75, 3.05) is 7.11 Å². The van der Waals surface area contributed by atoms with E-state index in [9.17, 15) is 4.79 Å². The van der Waals surface area contributed by atoms with Crippen LogP contribution in [0, 0.1) is 12.8 Å². The van der Waals surface area contributed by atoms with Gasteiger partial charge in [-0.1, -0.05) is 38.3 Å². The van der Waals surface area contributed by atoms with Gasteiger partial charge in [-0.25, -0.2) is 0 Å². The molecule has 1 fully saturated rings. The molecule has 0 unspecified atom stereocenters. The molecule has 1 amide bonds. The molecule has 0 saturated heterocycles. The van der Waals surface area contributed by atoms with Crippen LogP contribution in [-0.4, -0.2) is 13.0 Å². The molecule has 21 heavy (non-hydrogen) atoms. The van der Waals surface area contributed by atoms with Crippen molar-refractivity contribution in [3.8, 4) is 5.75 Å². The van der Waals surface area contributed by atoms with E-state index in [1.165, 1.54) is 24.8 Å². The van der Waals surface area contributed by atoms with Gasteiger partial charge in [0.05, 0.1) is 13.2 Å². The summed E-state index contributed by atoms with van der Waals surface area (Å²) in [6, 6.07) is 6.26. The van der Waals surface area contributed by atoms with Crippen LogP contribution in [0.4, 0.5) is 0 Å². The van der Waals surface area contributed by atoms with Gasteiger partial charge in [0.1, 0.15) is 5.75 Å². The lowest BCUT2D eigenvalue weighted by Gasteiger charge is -2.25. The van der Waals surface area contributed by atoms with Crippen LogP contribution >= 0.6 is 0 Å². The molecule has 0 aliphatic heterocycles. The number of amides is 1. The largest absolute Gasteiger partial charge is 0.496 e. The molecule has 0 radical (unpaired) electrons. The molecule has 1 aliphatic carbocycles. The lowest BCUT2D eigenvalue weighted by molar-refractivity contribution is -0.126. The van der Waals surface area contributed by atoms with Gasteiger partial charge < -0.3 is 10.1 Å². The topological polar surface area (TPSA) is 38.3 Å². The van der Waals surface area contributed by atoms with E-state index >= 15 is 0 Å². The summed E-state index contributed by atoms with van der Waals surface area (Å²) < 4.78 is 5.30. The molecule has 1 saturated carbocycles. The third kappa shape index (κ3) is 3.99. The van der Waals surface area contributed by atoms with Gasteiger partial charge in [0.2, 0.25) is 5.91 Å². The van der Waals surface area contributed by atoms with E-state index in [0.717, 1.165) is 30.6 Å². The highest BCUT2D eigenvalue weighted by atomic mass is 16.5. The fourth-order valence-electron chi connectivity index (χ4n) is 3.19. The van der Waals surface area contributed by atoms with Crippen LogP contribution in [0.15, 0.2) is 18.2 Å². The molecule has 1 atom stereocenters. The highest BCUT2D eigenvalue weighted by Gasteiger charge is 2.23. The average molecular weight is 289 g/mol. The molecule has 1 N–H and O–H groups in total. The Bertz CT molecular complexity index is 478. The zero-order valence-corrected chi connectivity index (χ0v) is 13.4. The number of nitrogens with one attached hydrogen (secondary N) is 1. The van der Waals surface area contributed by atoms with Crippen LogP contribution in [0.3, 0.4) is 0 Å². The molecule has 2 rings (SSSR count). The quantitative estimate of drug-likeness (QED) is 0.884. The van der Waals surface area contributed by atoms with Gasteiger partial charge in [-0.15, -0.1) is 0 Å². The summed E-state index contributed by atoms with van der Waals surface area (Å²) in [6.45, 7) is 4.16. The molecule has 3 heteroatoms. The van der Waals surface area contributed by atoms with Crippen molar-refractivity contribution in [1.82, 2.24) is 5.32 Å². The highest BCUT2D eigenvalue weighted by Crippen LogP contribution is 2.27. The van der Waals surface area contributed by atoms with E-state index in [1.807, 2.05) is 13.0 Å². The van der Waals surface area contributed by atoms with E-state index < -0.39 is 0 Å². The van der Waals surface area contributed by atoms with Crippen molar-refractivity contribution < 1.29 is 9.53 Å². The van der Waals surface area contributed by atoms with E-state index in [1.54, 1.807) is 7.11 Å². The third-order valence-electron chi connectivity index (χ3n) is 4.52. The van der Waals surface area contributed by atoms with Gasteiger partial charge in [-0.2, -0.15) is 0 Å². The first-order valence-corrected chi connectivity index (χ1v) is 8.10. The molecular weight excluding hydrogens is 262 g/mol. The minimum absolute atomic E-state index is 0.101. The first kappa shape index (κ1) is 15.9. The van der Waals surface area contributed by atoms with Gasteiger partial charge >= 0.3 is 0 Å². The molecule has 0 bridgehead atoms. The second kappa shape index (κ2) is 7.48. The Morgan fingerprint density at radius 3 is 2.62 bits per heavy atom. The van der Waals surface area contributed by atoms with E-state index in [4.69, 9.17) is 4.74 Å². The zero-order chi connectivity index (χ0) is 15.2. The lowest BCUT2D eigenvalue weighted by atomic mass is 9.88. The number of ether oxygens (including phenoxy) is 1. The molecule has 0 heterocycles. The minimum Gasteiger partial charge on any atom is -0.496 e. The van der Waals surface area contributed by atoms with Crippen LogP contribution < -0.4 is 10.1 Å². The Kier molecular flexibility index (Phi) is 5.66. The summed E-state index contributed by atoms with van der Waals surface area (Å²) in [5.74, 6) is 1.34. The summed E-state index contributed by atoms with van der Waals surface area (Å²) >= 11 is 0. The van der Waals surface area contributed by atoms with Crippen molar-refractivity contribution in [2.24, 2.45) is 5.92 Å². The second-order valence-corrected chi connectivity index (χ2v) is 6.03. The fourth-order valence-corrected chi connectivity index (χ4v) is 3.19. The normalized spacial score (nSPS) is 17.3. The van der Waals surface area contributed by atoms with Crippen LogP contribution in [-0.2, 0) is 4.79 Å². The fraction of sp³-hybridized carbons (Fsp3) is 0.611. The van der Waals surface area contributed by atoms with Gasteiger partial charge in [-0.3, -0.25) is 4.79 Å². The molecule has 116 valence electrons. The summed E-state index contributed by atoms with van der Waals surface area (Å²) in [4.78, 5) is 12.4. The van der Waals surface area contributed by atoms with E-state index in [-0.39, 0.29) is 17.9 Å². The third-order valence-corrected chi connectivity index (χ3v) is 4.52. The number of hydrogen-bond donors (Lipinski definition) is 1. The van der Waals surface area contributed by atoms with Gasteiger partial charge in [0.25, 0.3) is 0 Å². The lowest BCUT2D eigenvalue weighted by Crippen LogP contribution is -2.34. The van der Waals surface area contributed by atoms with E-state index in [2.05, 4.69) is 24.4 Å². The number of carbonyl (C=O) groups excluding carboxylic acids is 1. The summed E-state index contributed by atoms with van der Waals surface area (Å²) in [6.07, 6.45) is 6.66. The standard InChI is InChI=1S/C18H27NO2/c1-4-16(15-10-11-17(21-3)13(2)12-15)19-18(20)14-8-6-5-7-9-14/h10-12,14,16H,4-9H2,1-3H3,(H,19,20)/t16-/m0/s1. The Hall–Kier alpha value is -1.51. The summed E-state index contributed by atoms with van der Waals surface area (Å²) in [5, 5.41) is 3.24. The van der Waals surface area contributed by atoms with Crippen molar-refractivity contribution in [3.05, 3.63) is 29.3 Å². The molecular formula is C18H27NO2. The first-order valence-electron chi connectivity index (χ1n) is 8.10. The number of rotatable bonds is 5. The number of carbonyl (C=O) groups is 1. The van der Waals surface area contributed by atoms with Crippen LogP contribution in [0.1, 0.15) is 62.6 Å². The Labute approximate surface area is 128 Å². The Morgan fingerprint density at radius 1 is 1.33 bits per heavy atom.